The van der Waals surface area contributed by atoms with Gasteiger partial charge in [0.15, 0.2) is 0 Å². The number of hydrogen-bond donors (Lipinski definition) is 1. The molecule has 3 rings (SSSR count). The van der Waals surface area contributed by atoms with E-state index in [9.17, 15) is 13.6 Å². The highest BCUT2D eigenvalue weighted by Gasteiger charge is 2.20. The van der Waals surface area contributed by atoms with Gasteiger partial charge in [-0.05, 0) is 24.1 Å². The first-order chi connectivity index (χ1) is 10.1. The summed E-state index contributed by atoms with van der Waals surface area (Å²) in [7, 11) is 0. The SMILES string of the molecule is O=C(Cc1ccc(F)cc1F)N[C@@H]1CCn2nccc2C1. The van der Waals surface area contributed by atoms with Gasteiger partial charge < -0.3 is 5.32 Å². The summed E-state index contributed by atoms with van der Waals surface area (Å²) in [6, 6.07) is 5.22. The number of halogens is 2. The molecule has 0 bridgehead atoms. The van der Waals surface area contributed by atoms with Crippen LogP contribution in [-0.4, -0.2) is 21.7 Å². The molecule has 4 nitrogen and oxygen atoms in total. The van der Waals surface area contributed by atoms with Crippen LogP contribution in [0, 0.1) is 11.6 Å². The molecule has 1 atom stereocenters. The molecule has 0 fully saturated rings. The molecule has 1 N–H and O–H groups in total. The molecule has 0 saturated carbocycles. The number of carbonyl (C=O) groups excluding carboxylic acids is 1. The second-order valence-electron chi connectivity index (χ2n) is 5.22. The molecule has 2 aromatic rings. The third-order valence-corrected chi connectivity index (χ3v) is 3.68. The first-order valence-corrected chi connectivity index (χ1v) is 6.86. The molecule has 1 aromatic carbocycles. The van der Waals surface area contributed by atoms with Crippen molar-refractivity contribution < 1.29 is 13.6 Å². The summed E-state index contributed by atoms with van der Waals surface area (Å²) in [6.45, 7) is 0.762. The Morgan fingerprint density at radius 1 is 1.38 bits per heavy atom. The minimum Gasteiger partial charge on any atom is -0.353 e. The van der Waals surface area contributed by atoms with Gasteiger partial charge in [-0.1, -0.05) is 6.07 Å². The lowest BCUT2D eigenvalue weighted by Gasteiger charge is -2.24. The van der Waals surface area contributed by atoms with Crippen molar-refractivity contribution in [2.24, 2.45) is 0 Å². The molecule has 0 unspecified atom stereocenters. The van der Waals surface area contributed by atoms with E-state index < -0.39 is 11.6 Å². The van der Waals surface area contributed by atoms with Crippen molar-refractivity contribution in [3.05, 3.63) is 53.4 Å². The van der Waals surface area contributed by atoms with Crippen molar-refractivity contribution in [3.8, 4) is 0 Å². The Kier molecular flexibility index (Phi) is 3.68. The van der Waals surface area contributed by atoms with Crippen LogP contribution >= 0.6 is 0 Å². The highest BCUT2D eigenvalue weighted by Crippen LogP contribution is 2.15. The molecule has 1 aliphatic rings. The Balaban J connectivity index is 1.60. The molecule has 0 saturated heterocycles. The Labute approximate surface area is 120 Å². The van der Waals surface area contributed by atoms with E-state index in [4.69, 9.17) is 0 Å². The third kappa shape index (κ3) is 3.09. The van der Waals surface area contributed by atoms with Gasteiger partial charge in [-0.25, -0.2) is 8.78 Å². The topological polar surface area (TPSA) is 46.9 Å². The fourth-order valence-electron chi connectivity index (χ4n) is 2.61. The van der Waals surface area contributed by atoms with Gasteiger partial charge in [0.05, 0.1) is 6.42 Å². The standard InChI is InChI=1S/C15H15F2N3O/c16-11-2-1-10(14(17)8-11)7-15(21)19-12-4-6-20-13(9-12)3-5-18-20/h1-3,5,8,12H,4,6-7,9H2,(H,19,21)/t12-/m1/s1. The predicted molar refractivity (Wildman–Crippen MR) is 72.5 cm³/mol. The van der Waals surface area contributed by atoms with E-state index in [1.165, 1.54) is 6.07 Å². The summed E-state index contributed by atoms with van der Waals surface area (Å²) >= 11 is 0. The Morgan fingerprint density at radius 2 is 2.24 bits per heavy atom. The number of fused-ring (bicyclic) bond motifs is 1. The Bertz CT molecular complexity index is 669. The van der Waals surface area contributed by atoms with E-state index in [0.717, 1.165) is 37.2 Å². The number of carbonyl (C=O) groups is 1. The van der Waals surface area contributed by atoms with Crippen molar-refractivity contribution in [1.82, 2.24) is 15.1 Å². The number of nitrogens with zero attached hydrogens (tertiary/aromatic N) is 2. The quantitative estimate of drug-likeness (QED) is 0.938. The predicted octanol–water partition coefficient (Wildman–Crippen LogP) is 1.83. The van der Waals surface area contributed by atoms with Crippen LogP contribution in [0.2, 0.25) is 0 Å². The monoisotopic (exact) mass is 291 g/mol. The molecular weight excluding hydrogens is 276 g/mol. The van der Waals surface area contributed by atoms with Crippen LogP contribution in [0.1, 0.15) is 17.7 Å². The summed E-state index contributed by atoms with van der Waals surface area (Å²) in [5.74, 6) is -1.58. The van der Waals surface area contributed by atoms with E-state index in [2.05, 4.69) is 10.4 Å². The van der Waals surface area contributed by atoms with Crippen LogP contribution < -0.4 is 5.32 Å². The number of nitrogens with one attached hydrogen (secondary N) is 1. The summed E-state index contributed by atoms with van der Waals surface area (Å²) in [4.78, 5) is 12.0. The van der Waals surface area contributed by atoms with Crippen LogP contribution in [0.5, 0.6) is 0 Å². The van der Waals surface area contributed by atoms with Crippen molar-refractivity contribution >= 4 is 5.91 Å². The van der Waals surface area contributed by atoms with Gasteiger partial charge in [-0.3, -0.25) is 9.48 Å². The molecule has 1 aromatic heterocycles. The van der Waals surface area contributed by atoms with Crippen LogP contribution in [0.3, 0.4) is 0 Å². The fraction of sp³-hybridized carbons (Fsp3) is 0.333. The zero-order chi connectivity index (χ0) is 14.8. The second-order valence-corrected chi connectivity index (χ2v) is 5.22. The van der Waals surface area contributed by atoms with Gasteiger partial charge in [0, 0.05) is 37.0 Å². The molecule has 110 valence electrons. The average molecular weight is 291 g/mol. The van der Waals surface area contributed by atoms with E-state index in [-0.39, 0.29) is 23.9 Å². The molecule has 2 heterocycles. The van der Waals surface area contributed by atoms with Crippen molar-refractivity contribution in [2.45, 2.75) is 31.8 Å². The highest BCUT2D eigenvalue weighted by atomic mass is 19.1. The lowest BCUT2D eigenvalue weighted by Crippen LogP contribution is -2.41. The maximum atomic E-state index is 13.5. The number of rotatable bonds is 3. The minimum atomic E-state index is -0.688. The van der Waals surface area contributed by atoms with Crippen molar-refractivity contribution in [2.75, 3.05) is 0 Å². The maximum absolute atomic E-state index is 13.5. The van der Waals surface area contributed by atoms with Crippen LogP contribution in [0.15, 0.2) is 30.5 Å². The number of aryl methyl sites for hydroxylation is 1. The van der Waals surface area contributed by atoms with Crippen molar-refractivity contribution in [1.29, 1.82) is 0 Å². The molecule has 0 aliphatic carbocycles. The molecule has 0 radical (unpaired) electrons. The van der Waals surface area contributed by atoms with Gasteiger partial charge in [-0.2, -0.15) is 5.10 Å². The van der Waals surface area contributed by atoms with E-state index in [0.29, 0.717) is 0 Å². The van der Waals surface area contributed by atoms with Gasteiger partial charge in [-0.15, -0.1) is 0 Å². The molecule has 0 spiro atoms. The number of amides is 1. The zero-order valence-electron chi connectivity index (χ0n) is 11.4. The zero-order valence-corrected chi connectivity index (χ0v) is 11.4. The lowest BCUT2D eigenvalue weighted by molar-refractivity contribution is -0.121. The van der Waals surface area contributed by atoms with Gasteiger partial charge in [0.1, 0.15) is 11.6 Å². The summed E-state index contributed by atoms with van der Waals surface area (Å²) in [6.07, 6.45) is 3.18. The smallest absolute Gasteiger partial charge is 0.224 e. The Morgan fingerprint density at radius 3 is 3.05 bits per heavy atom. The van der Waals surface area contributed by atoms with Gasteiger partial charge >= 0.3 is 0 Å². The Hall–Kier alpha value is -2.24. The minimum absolute atomic E-state index is 0.0326. The van der Waals surface area contributed by atoms with Gasteiger partial charge in [0.25, 0.3) is 0 Å². The highest BCUT2D eigenvalue weighted by molar-refractivity contribution is 5.78. The first-order valence-electron chi connectivity index (χ1n) is 6.86. The normalized spacial score (nSPS) is 17.3. The fourth-order valence-corrected chi connectivity index (χ4v) is 2.61. The van der Waals surface area contributed by atoms with Crippen LogP contribution in [0.25, 0.3) is 0 Å². The number of aromatic nitrogens is 2. The van der Waals surface area contributed by atoms with Crippen LogP contribution in [0.4, 0.5) is 8.78 Å². The largest absolute Gasteiger partial charge is 0.353 e. The molecule has 1 amide bonds. The molecule has 21 heavy (non-hydrogen) atoms. The second kappa shape index (κ2) is 5.63. The van der Waals surface area contributed by atoms with Gasteiger partial charge in [0.2, 0.25) is 5.91 Å². The van der Waals surface area contributed by atoms with Crippen molar-refractivity contribution in [3.63, 3.8) is 0 Å². The average Bonchev–Trinajstić information content (AvgIpc) is 2.89. The summed E-state index contributed by atoms with van der Waals surface area (Å²) < 4.78 is 28.3. The lowest BCUT2D eigenvalue weighted by atomic mass is 10.0. The molecule has 1 aliphatic heterocycles. The third-order valence-electron chi connectivity index (χ3n) is 3.68. The molecule has 6 heteroatoms. The first kappa shape index (κ1) is 13.7. The summed E-state index contributed by atoms with van der Waals surface area (Å²) in [5.41, 5.74) is 1.29. The number of hydrogen-bond acceptors (Lipinski definition) is 2. The summed E-state index contributed by atoms with van der Waals surface area (Å²) in [5, 5.41) is 7.08. The van der Waals surface area contributed by atoms with E-state index in [1.54, 1.807) is 6.20 Å². The van der Waals surface area contributed by atoms with E-state index >= 15 is 0 Å². The van der Waals surface area contributed by atoms with Crippen LogP contribution in [-0.2, 0) is 24.2 Å². The number of benzene rings is 1. The molecular formula is C15H15F2N3O. The van der Waals surface area contributed by atoms with E-state index in [1.807, 2.05) is 10.7 Å². The maximum Gasteiger partial charge on any atom is 0.224 e.